The van der Waals surface area contributed by atoms with Gasteiger partial charge in [-0.3, -0.25) is 9.59 Å². The van der Waals surface area contributed by atoms with Gasteiger partial charge in [0.2, 0.25) is 5.76 Å². The molecule has 2 aromatic carbocycles. The molecule has 0 saturated heterocycles. The first-order valence-corrected chi connectivity index (χ1v) is 9.33. The zero-order valence-corrected chi connectivity index (χ0v) is 15.9. The molecule has 3 aromatic rings. The van der Waals surface area contributed by atoms with Crippen LogP contribution in [0.15, 0.2) is 51.7 Å². The molecule has 1 N–H and O–H groups in total. The molecule has 144 valence electrons. The minimum Gasteiger partial charge on any atom is -0.494 e. The monoisotopic (exact) mass is 399 g/mol. The first-order valence-electron chi connectivity index (χ1n) is 8.96. The van der Waals surface area contributed by atoms with Crippen molar-refractivity contribution < 1.29 is 19.1 Å². The van der Waals surface area contributed by atoms with Gasteiger partial charge in [0.25, 0.3) is 5.91 Å². The Kier molecular flexibility index (Phi) is 4.83. The molecule has 7 heteroatoms. The molecule has 6 nitrogen and oxygen atoms in total. The third kappa shape index (κ3) is 2.95. The number of rotatable bonds is 5. The molecule has 0 radical (unpaired) electrons. The van der Waals surface area contributed by atoms with Crippen LogP contribution in [0.25, 0.3) is 11.0 Å². The fraction of sp³-hybridized carbons (Fsp3) is 0.238. The Bertz CT molecular complexity index is 1120. The number of hydrogen-bond donors (Lipinski definition) is 1. The smallest absolute Gasteiger partial charge is 0.290 e. The normalized spacial score (nSPS) is 15.9. The van der Waals surface area contributed by atoms with Crippen LogP contribution in [0.3, 0.4) is 0 Å². The van der Waals surface area contributed by atoms with E-state index in [2.05, 4.69) is 0 Å². The van der Waals surface area contributed by atoms with Crippen LogP contribution in [-0.4, -0.2) is 35.7 Å². The van der Waals surface area contributed by atoms with E-state index in [0.717, 1.165) is 0 Å². The van der Waals surface area contributed by atoms with Crippen molar-refractivity contribution in [2.24, 2.45) is 0 Å². The summed E-state index contributed by atoms with van der Waals surface area (Å²) in [5.41, 5.74) is 0.954. The molecule has 0 bridgehead atoms. The molecule has 0 fully saturated rings. The van der Waals surface area contributed by atoms with Crippen molar-refractivity contribution in [2.75, 3.05) is 19.8 Å². The van der Waals surface area contributed by atoms with E-state index in [-0.39, 0.29) is 29.9 Å². The van der Waals surface area contributed by atoms with Gasteiger partial charge in [-0.1, -0.05) is 23.7 Å². The molecule has 4 rings (SSSR count). The van der Waals surface area contributed by atoms with E-state index in [0.29, 0.717) is 33.9 Å². The summed E-state index contributed by atoms with van der Waals surface area (Å²) in [5, 5.41) is 10.2. The molecule has 0 aliphatic carbocycles. The number of ether oxygens (including phenoxy) is 1. The van der Waals surface area contributed by atoms with E-state index in [1.807, 2.05) is 19.1 Å². The molecule has 28 heavy (non-hydrogen) atoms. The SMILES string of the molecule is CCOc1cccc(C2c3c(oc4ccc(Cl)cc4c3=O)C(=O)N2CCO)c1. The highest BCUT2D eigenvalue weighted by Gasteiger charge is 2.42. The number of carbonyl (C=O) groups is 1. The minimum absolute atomic E-state index is 0.0000791. The summed E-state index contributed by atoms with van der Waals surface area (Å²) >= 11 is 6.05. The largest absolute Gasteiger partial charge is 0.494 e. The number of amides is 1. The van der Waals surface area contributed by atoms with Crippen LogP contribution < -0.4 is 10.2 Å². The lowest BCUT2D eigenvalue weighted by Crippen LogP contribution is -2.32. The van der Waals surface area contributed by atoms with Crippen LogP contribution in [0.4, 0.5) is 0 Å². The maximum Gasteiger partial charge on any atom is 0.290 e. The van der Waals surface area contributed by atoms with Gasteiger partial charge in [0.1, 0.15) is 11.3 Å². The quantitative estimate of drug-likeness (QED) is 0.711. The van der Waals surface area contributed by atoms with Gasteiger partial charge in [-0.15, -0.1) is 0 Å². The third-order valence-corrected chi connectivity index (χ3v) is 4.99. The Balaban J connectivity index is 1.97. The second-order valence-corrected chi connectivity index (χ2v) is 6.88. The summed E-state index contributed by atoms with van der Waals surface area (Å²) in [4.78, 5) is 27.7. The molecule has 0 spiro atoms. The number of aliphatic hydroxyl groups excluding tert-OH is 1. The van der Waals surface area contributed by atoms with E-state index in [1.165, 1.54) is 11.0 Å². The van der Waals surface area contributed by atoms with Crippen LogP contribution in [0.1, 0.15) is 34.6 Å². The van der Waals surface area contributed by atoms with Gasteiger partial charge in [0.15, 0.2) is 5.43 Å². The van der Waals surface area contributed by atoms with Crippen molar-refractivity contribution in [1.29, 1.82) is 0 Å². The maximum absolute atomic E-state index is 13.3. The van der Waals surface area contributed by atoms with Gasteiger partial charge in [-0.25, -0.2) is 0 Å². The predicted octanol–water partition coefficient (Wildman–Crippen LogP) is 3.38. The minimum atomic E-state index is -0.672. The summed E-state index contributed by atoms with van der Waals surface area (Å²) in [6.07, 6.45) is 0. The zero-order chi connectivity index (χ0) is 19.8. The Morgan fingerprint density at radius 3 is 2.79 bits per heavy atom. The number of aliphatic hydroxyl groups is 1. The molecule has 1 unspecified atom stereocenters. The highest BCUT2D eigenvalue weighted by atomic mass is 35.5. The number of fused-ring (bicyclic) bond motifs is 2. The third-order valence-electron chi connectivity index (χ3n) is 4.75. The standard InChI is InChI=1S/C21H18ClNO5/c1-2-27-14-5-3-4-12(10-14)18-17-19(25)15-11-13(22)6-7-16(15)28-20(17)21(26)23(18)8-9-24/h3-7,10-11,18,24H,2,8-9H2,1H3. The van der Waals surface area contributed by atoms with Gasteiger partial charge >= 0.3 is 0 Å². The average molecular weight is 400 g/mol. The highest BCUT2D eigenvalue weighted by molar-refractivity contribution is 6.31. The van der Waals surface area contributed by atoms with Crippen LogP contribution >= 0.6 is 11.6 Å². The van der Waals surface area contributed by atoms with Crippen molar-refractivity contribution in [2.45, 2.75) is 13.0 Å². The van der Waals surface area contributed by atoms with E-state index in [9.17, 15) is 14.7 Å². The van der Waals surface area contributed by atoms with Gasteiger partial charge in [-0.2, -0.15) is 0 Å². The summed E-state index contributed by atoms with van der Waals surface area (Å²) in [6.45, 7) is 2.21. The molecular formula is C21H18ClNO5. The van der Waals surface area contributed by atoms with E-state index >= 15 is 0 Å². The molecule has 1 atom stereocenters. The predicted molar refractivity (Wildman–Crippen MR) is 105 cm³/mol. The van der Waals surface area contributed by atoms with Gasteiger partial charge in [0, 0.05) is 11.6 Å². The van der Waals surface area contributed by atoms with E-state index in [4.69, 9.17) is 20.8 Å². The molecule has 0 saturated carbocycles. The Morgan fingerprint density at radius 1 is 1.21 bits per heavy atom. The number of hydrogen-bond acceptors (Lipinski definition) is 5. The summed E-state index contributed by atoms with van der Waals surface area (Å²) in [7, 11) is 0. The summed E-state index contributed by atoms with van der Waals surface area (Å²) in [5.74, 6) is 0.211. The molecule has 1 amide bonds. The van der Waals surface area contributed by atoms with E-state index < -0.39 is 11.9 Å². The second kappa shape index (κ2) is 7.30. The molecule has 1 aromatic heterocycles. The fourth-order valence-corrected chi connectivity index (χ4v) is 3.79. The fourth-order valence-electron chi connectivity index (χ4n) is 3.62. The van der Waals surface area contributed by atoms with Crippen LogP contribution in [0.2, 0.25) is 5.02 Å². The van der Waals surface area contributed by atoms with Crippen LogP contribution in [0.5, 0.6) is 5.75 Å². The van der Waals surface area contributed by atoms with Crippen molar-refractivity contribution in [1.82, 2.24) is 4.90 Å². The van der Waals surface area contributed by atoms with Crippen molar-refractivity contribution in [3.8, 4) is 5.75 Å². The Hall–Kier alpha value is -2.83. The molecule has 1 aliphatic heterocycles. The molecular weight excluding hydrogens is 382 g/mol. The number of benzene rings is 2. The number of β-amino-alcohol motifs (C(OH)–C–C–N with tert-alkyl or cyclic N) is 1. The maximum atomic E-state index is 13.3. The summed E-state index contributed by atoms with van der Waals surface area (Å²) < 4.78 is 11.4. The first-order chi connectivity index (χ1) is 13.5. The lowest BCUT2D eigenvalue weighted by Gasteiger charge is -2.24. The zero-order valence-electron chi connectivity index (χ0n) is 15.1. The topological polar surface area (TPSA) is 80.0 Å². The van der Waals surface area contributed by atoms with Crippen molar-refractivity contribution in [3.05, 3.63) is 74.6 Å². The molecule has 1 aliphatic rings. The van der Waals surface area contributed by atoms with Crippen LogP contribution in [0, 0.1) is 0 Å². The Labute approximate surface area is 165 Å². The van der Waals surface area contributed by atoms with Crippen molar-refractivity contribution in [3.63, 3.8) is 0 Å². The van der Waals surface area contributed by atoms with Gasteiger partial charge < -0.3 is 19.2 Å². The van der Waals surface area contributed by atoms with Crippen molar-refractivity contribution >= 4 is 28.5 Å². The second-order valence-electron chi connectivity index (χ2n) is 6.44. The lowest BCUT2D eigenvalue weighted by atomic mass is 9.98. The van der Waals surface area contributed by atoms with E-state index in [1.54, 1.807) is 24.3 Å². The Morgan fingerprint density at radius 2 is 2.04 bits per heavy atom. The van der Waals surface area contributed by atoms with Crippen LogP contribution in [-0.2, 0) is 0 Å². The number of halogens is 1. The lowest BCUT2D eigenvalue weighted by molar-refractivity contribution is 0.0691. The molecule has 2 heterocycles. The average Bonchev–Trinajstić information content (AvgIpc) is 2.96. The van der Waals surface area contributed by atoms with Gasteiger partial charge in [0.05, 0.1) is 30.2 Å². The highest BCUT2D eigenvalue weighted by Crippen LogP contribution is 2.39. The number of carbonyl (C=O) groups excluding carboxylic acids is 1. The van der Waals surface area contributed by atoms with Gasteiger partial charge in [-0.05, 0) is 42.8 Å². The number of nitrogens with zero attached hydrogens (tertiary/aromatic N) is 1. The summed E-state index contributed by atoms with van der Waals surface area (Å²) in [6, 6.07) is 11.3. The first kappa shape index (κ1) is 18.5.